The Hall–Kier alpha value is -3.22. The Bertz CT molecular complexity index is 1180. The molecule has 4 rings (SSSR count). The maximum Gasteiger partial charge on any atom is 0.312 e. The summed E-state index contributed by atoms with van der Waals surface area (Å²) < 4.78 is 8.64. The van der Waals surface area contributed by atoms with Crippen LogP contribution in [0.2, 0.25) is 0 Å². The smallest absolute Gasteiger partial charge is 0.312 e. The fourth-order valence-electron chi connectivity index (χ4n) is 3.87. The lowest BCUT2D eigenvalue weighted by molar-refractivity contribution is -0.141. The molecule has 150 valence electrons. The summed E-state index contributed by atoms with van der Waals surface area (Å²) in [5.41, 5.74) is 2.82. The van der Waals surface area contributed by atoms with Crippen molar-refractivity contribution in [2.24, 2.45) is 7.05 Å². The third kappa shape index (κ3) is 3.60. The first-order valence-electron chi connectivity index (χ1n) is 9.69. The van der Waals surface area contributed by atoms with Crippen molar-refractivity contribution in [3.63, 3.8) is 0 Å². The lowest BCUT2D eigenvalue weighted by Crippen LogP contribution is -2.23. The highest BCUT2D eigenvalue weighted by Crippen LogP contribution is 2.38. The lowest BCUT2D eigenvalue weighted by atomic mass is 10.1. The number of carbonyl (C=O) groups is 2. The van der Waals surface area contributed by atoms with Crippen molar-refractivity contribution >= 4 is 22.5 Å². The zero-order chi connectivity index (χ0) is 20.7. The molecule has 0 aliphatic heterocycles. The average molecular weight is 393 g/mol. The quantitative estimate of drug-likeness (QED) is 0.475. The van der Waals surface area contributed by atoms with Gasteiger partial charge in [-0.3, -0.25) is 14.4 Å². The van der Waals surface area contributed by atoms with Gasteiger partial charge in [0.25, 0.3) is 5.56 Å². The number of esters is 1. The highest BCUT2D eigenvalue weighted by Gasteiger charge is 2.28. The summed E-state index contributed by atoms with van der Waals surface area (Å²) in [6.07, 6.45) is 2.17. The Morgan fingerprint density at radius 2 is 1.86 bits per heavy atom. The van der Waals surface area contributed by atoms with Gasteiger partial charge in [-0.05, 0) is 38.8 Å². The van der Waals surface area contributed by atoms with Gasteiger partial charge in [-0.25, -0.2) is 4.68 Å². The van der Waals surface area contributed by atoms with E-state index in [9.17, 15) is 14.4 Å². The molecule has 1 aliphatic carbocycles. The number of fused-ring (bicyclic) bond motifs is 1. The SMILES string of the molecule is Cc1cc(C(=O)COC(=O)Cc2nn(C)c(=O)c3ccccc23)c(C)n1C1CC1. The number of hydrogen-bond donors (Lipinski definition) is 0. The zero-order valence-corrected chi connectivity index (χ0v) is 16.8. The van der Waals surface area contributed by atoms with E-state index in [0.29, 0.717) is 28.1 Å². The van der Waals surface area contributed by atoms with E-state index in [1.807, 2.05) is 19.9 Å². The summed E-state index contributed by atoms with van der Waals surface area (Å²) in [5, 5.41) is 5.31. The zero-order valence-electron chi connectivity index (χ0n) is 16.8. The van der Waals surface area contributed by atoms with Gasteiger partial charge >= 0.3 is 5.97 Å². The van der Waals surface area contributed by atoms with Crippen LogP contribution in [0, 0.1) is 13.8 Å². The Balaban J connectivity index is 1.47. The molecular formula is C22H23N3O4. The van der Waals surface area contributed by atoms with Gasteiger partial charge in [-0.15, -0.1) is 0 Å². The van der Waals surface area contributed by atoms with Crippen LogP contribution in [0.3, 0.4) is 0 Å². The predicted molar refractivity (Wildman–Crippen MR) is 108 cm³/mol. The van der Waals surface area contributed by atoms with Gasteiger partial charge in [0.15, 0.2) is 6.61 Å². The number of ether oxygens (including phenoxy) is 1. The van der Waals surface area contributed by atoms with Crippen LogP contribution < -0.4 is 5.56 Å². The van der Waals surface area contributed by atoms with E-state index in [4.69, 9.17) is 4.74 Å². The van der Waals surface area contributed by atoms with Crippen LogP contribution in [0.15, 0.2) is 35.1 Å². The minimum Gasteiger partial charge on any atom is -0.457 e. The Morgan fingerprint density at radius 3 is 2.55 bits per heavy atom. The molecule has 0 unspecified atom stereocenters. The van der Waals surface area contributed by atoms with Crippen LogP contribution in [0.25, 0.3) is 10.8 Å². The first-order valence-corrected chi connectivity index (χ1v) is 9.69. The molecule has 7 heteroatoms. The maximum absolute atomic E-state index is 12.6. The van der Waals surface area contributed by atoms with Crippen LogP contribution in [-0.4, -0.2) is 32.7 Å². The van der Waals surface area contributed by atoms with E-state index in [0.717, 1.165) is 24.2 Å². The first-order chi connectivity index (χ1) is 13.9. The molecule has 3 aromatic rings. The molecule has 0 radical (unpaired) electrons. The summed E-state index contributed by atoms with van der Waals surface area (Å²) in [4.78, 5) is 37.1. The van der Waals surface area contributed by atoms with Crippen molar-refractivity contribution in [3.8, 4) is 0 Å². The molecule has 7 nitrogen and oxygen atoms in total. The van der Waals surface area contributed by atoms with E-state index in [2.05, 4.69) is 9.67 Å². The molecular weight excluding hydrogens is 370 g/mol. The summed E-state index contributed by atoms with van der Waals surface area (Å²) in [6, 6.07) is 9.37. The maximum atomic E-state index is 12.6. The number of rotatable bonds is 6. The number of benzene rings is 1. The summed E-state index contributed by atoms with van der Waals surface area (Å²) in [6.45, 7) is 3.61. The molecule has 1 saturated carbocycles. The van der Waals surface area contributed by atoms with Crippen molar-refractivity contribution in [2.45, 2.75) is 39.2 Å². The van der Waals surface area contributed by atoms with E-state index < -0.39 is 5.97 Å². The molecule has 1 fully saturated rings. The molecule has 29 heavy (non-hydrogen) atoms. The van der Waals surface area contributed by atoms with Crippen LogP contribution in [-0.2, 0) is 23.0 Å². The van der Waals surface area contributed by atoms with Gasteiger partial charge in [0.2, 0.25) is 5.78 Å². The predicted octanol–water partition coefficient (Wildman–Crippen LogP) is 2.66. The molecule has 2 aromatic heterocycles. The lowest BCUT2D eigenvalue weighted by Gasteiger charge is -2.09. The van der Waals surface area contributed by atoms with Crippen molar-refractivity contribution in [2.75, 3.05) is 6.61 Å². The second kappa shape index (κ2) is 7.31. The molecule has 0 bridgehead atoms. The molecule has 0 saturated heterocycles. The Morgan fingerprint density at radius 1 is 1.17 bits per heavy atom. The third-order valence-corrected chi connectivity index (χ3v) is 5.41. The molecule has 2 heterocycles. The van der Waals surface area contributed by atoms with E-state index >= 15 is 0 Å². The van der Waals surface area contributed by atoms with Crippen molar-refractivity contribution in [1.82, 2.24) is 14.3 Å². The Kier molecular flexibility index (Phi) is 4.82. The fourth-order valence-corrected chi connectivity index (χ4v) is 3.87. The number of nitrogens with zero attached hydrogens (tertiary/aromatic N) is 3. The van der Waals surface area contributed by atoms with Gasteiger partial charge in [0, 0.05) is 35.4 Å². The normalized spacial score (nSPS) is 13.6. The average Bonchev–Trinajstić information content (AvgIpc) is 3.48. The number of carbonyl (C=O) groups excluding carboxylic acids is 2. The van der Waals surface area contributed by atoms with Gasteiger partial charge in [0.1, 0.15) is 0 Å². The van der Waals surface area contributed by atoms with E-state index in [1.165, 1.54) is 4.68 Å². The number of hydrogen-bond acceptors (Lipinski definition) is 5. The summed E-state index contributed by atoms with van der Waals surface area (Å²) in [5.74, 6) is -0.762. The van der Waals surface area contributed by atoms with Gasteiger partial charge in [-0.1, -0.05) is 18.2 Å². The minimum atomic E-state index is -0.550. The number of ketones is 1. The van der Waals surface area contributed by atoms with Crippen LogP contribution in [0.1, 0.15) is 46.3 Å². The standard InChI is InChI=1S/C22H23N3O4/c1-13-10-18(14(2)25(13)15-8-9-15)20(26)12-29-21(27)11-19-16-6-4-5-7-17(16)22(28)24(3)23-19/h4-7,10,15H,8-9,11-12H2,1-3H3. The van der Waals surface area contributed by atoms with Gasteiger partial charge in [0.05, 0.1) is 17.5 Å². The largest absolute Gasteiger partial charge is 0.457 e. The Labute approximate surface area is 167 Å². The van der Waals surface area contributed by atoms with E-state index in [-0.39, 0.29) is 24.4 Å². The van der Waals surface area contributed by atoms with Gasteiger partial charge < -0.3 is 9.30 Å². The minimum absolute atomic E-state index is 0.108. The number of aromatic nitrogens is 3. The van der Waals surface area contributed by atoms with Crippen LogP contribution in [0.5, 0.6) is 0 Å². The third-order valence-electron chi connectivity index (χ3n) is 5.41. The van der Waals surface area contributed by atoms with E-state index in [1.54, 1.807) is 31.3 Å². The molecule has 0 atom stereocenters. The first kappa shape index (κ1) is 19.1. The molecule has 0 spiro atoms. The number of aryl methyl sites for hydroxylation is 2. The molecule has 1 aliphatic rings. The van der Waals surface area contributed by atoms with Crippen molar-refractivity contribution in [3.05, 3.63) is 63.3 Å². The number of Topliss-reactive ketones (excluding diaryl/α,β-unsaturated/α-hetero) is 1. The molecule has 0 amide bonds. The highest BCUT2D eigenvalue weighted by molar-refractivity contribution is 5.99. The molecule has 0 N–H and O–H groups in total. The van der Waals surface area contributed by atoms with Crippen molar-refractivity contribution < 1.29 is 14.3 Å². The molecule has 1 aromatic carbocycles. The van der Waals surface area contributed by atoms with Gasteiger partial charge in [-0.2, -0.15) is 5.10 Å². The summed E-state index contributed by atoms with van der Waals surface area (Å²) in [7, 11) is 1.54. The monoisotopic (exact) mass is 393 g/mol. The topological polar surface area (TPSA) is 83.2 Å². The van der Waals surface area contributed by atoms with Crippen LogP contribution >= 0.6 is 0 Å². The highest BCUT2D eigenvalue weighted by atomic mass is 16.5. The fraction of sp³-hybridized carbons (Fsp3) is 0.364. The van der Waals surface area contributed by atoms with Crippen LogP contribution in [0.4, 0.5) is 0 Å². The second-order valence-electron chi connectivity index (χ2n) is 7.57. The van der Waals surface area contributed by atoms with Crippen molar-refractivity contribution in [1.29, 1.82) is 0 Å². The second-order valence-corrected chi connectivity index (χ2v) is 7.57. The summed E-state index contributed by atoms with van der Waals surface area (Å²) >= 11 is 0.